The van der Waals surface area contributed by atoms with Crippen LogP contribution in [0.3, 0.4) is 0 Å². The minimum atomic E-state index is -4.08. The molecule has 5 heteroatoms. The molecule has 90 valence electrons. The van der Waals surface area contributed by atoms with Crippen LogP contribution in [-0.2, 0) is 0 Å². The molecule has 2 N–H and O–H groups in total. The number of nitrogens with two attached hydrogens (primary N) is 1. The van der Waals surface area contributed by atoms with Crippen molar-refractivity contribution in [2.45, 2.75) is 31.5 Å². The molecule has 0 radical (unpaired) electrons. The number of halogens is 4. The van der Waals surface area contributed by atoms with Gasteiger partial charge in [-0.2, -0.15) is 13.2 Å². The highest BCUT2D eigenvalue weighted by molar-refractivity contribution is 9.10. The zero-order valence-corrected chi connectivity index (χ0v) is 10.2. The Hall–Kier alpha value is -0.550. The molecule has 0 bridgehead atoms. The number of rotatable bonds is 4. The molecule has 1 rings (SSSR count). The maximum Gasteiger partial charge on any atom is 0.389 e. The van der Waals surface area contributed by atoms with E-state index in [-0.39, 0.29) is 12.5 Å². The summed E-state index contributed by atoms with van der Waals surface area (Å²) >= 11 is 3.28. The lowest BCUT2D eigenvalue weighted by atomic mass is 10.0. The normalized spacial score (nSPS) is 13.8. The molecule has 0 aromatic heterocycles. The Morgan fingerprint density at radius 1 is 1.19 bits per heavy atom. The fourth-order valence-corrected chi connectivity index (χ4v) is 1.66. The van der Waals surface area contributed by atoms with E-state index in [2.05, 4.69) is 15.9 Å². The van der Waals surface area contributed by atoms with Crippen molar-refractivity contribution in [3.8, 4) is 0 Å². The van der Waals surface area contributed by atoms with Crippen molar-refractivity contribution < 1.29 is 13.2 Å². The van der Waals surface area contributed by atoms with Gasteiger partial charge in [0.1, 0.15) is 0 Å². The Labute approximate surface area is 101 Å². The van der Waals surface area contributed by atoms with Gasteiger partial charge in [-0.3, -0.25) is 0 Å². The van der Waals surface area contributed by atoms with Crippen molar-refractivity contribution in [3.05, 3.63) is 34.3 Å². The van der Waals surface area contributed by atoms with E-state index in [0.29, 0.717) is 6.42 Å². The lowest BCUT2D eigenvalue weighted by molar-refractivity contribution is -0.135. The van der Waals surface area contributed by atoms with Gasteiger partial charge in [0, 0.05) is 16.9 Å². The highest BCUT2D eigenvalue weighted by Crippen LogP contribution is 2.25. The second kappa shape index (κ2) is 5.68. The fraction of sp³-hybridized carbons (Fsp3) is 0.455. The van der Waals surface area contributed by atoms with Crippen LogP contribution < -0.4 is 5.73 Å². The van der Waals surface area contributed by atoms with E-state index in [4.69, 9.17) is 5.73 Å². The molecule has 0 heterocycles. The van der Waals surface area contributed by atoms with Crippen LogP contribution >= 0.6 is 15.9 Å². The molecule has 0 aliphatic rings. The maximum atomic E-state index is 11.9. The SMILES string of the molecule is NC(CCCC(F)(F)F)c1ccc(Br)cc1. The predicted molar refractivity (Wildman–Crippen MR) is 61.0 cm³/mol. The molecule has 0 aliphatic carbocycles. The van der Waals surface area contributed by atoms with Gasteiger partial charge in [0.05, 0.1) is 0 Å². The minimum absolute atomic E-state index is 0.0702. The highest BCUT2D eigenvalue weighted by atomic mass is 79.9. The molecule has 1 aromatic rings. The van der Waals surface area contributed by atoms with Gasteiger partial charge in [0.15, 0.2) is 0 Å². The summed E-state index contributed by atoms with van der Waals surface area (Å²) in [5.41, 5.74) is 6.66. The van der Waals surface area contributed by atoms with Crippen LogP contribution in [0.2, 0.25) is 0 Å². The molecule has 0 amide bonds. The van der Waals surface area contributed by atoms with E-state index in [1.54, 1.807) is 0 Å². The molecule has 0 saturated heterocycles. The number of hydrogen-bond acceptors (Lipinski definition) is 1. The van der Waals surface area contributed by atoms with E-state index >= 15 is 0 Å². The Bertz CT molecular complexity index is 321. The molecular formula is C11H13BrF3N. The Morgan fingerprint density at radius 2 is 1.75 bits per heavy atom. The molecule has 1 atom stereocenters. The quantitative estimate of drug-likeness (QED) is 0.886. The third-order valence-corrected chi connectivity index (χ3v) is 2.80. The van der Waals surface area contributed by atoms with Crippen LogP contribution in [0.15, 0.2) is 28.7 Å². The first-order valence-corrected chi connectivity index (χ1v) is 5.75. The summed E-state index contributed by atoms with van der Waals surface area (Å²) in [7, 11) is 0. The van der Waals surface area contributed by atoms with Crippen molar-refractivity contribution in [1.82, 2.24) is 0 Å². The van der Waals surface area contributed by atoms with Gasteiger partial charge >= 0.3 is 6.18 Å². The lowest BCUT2D eigenvalue weighted by Gasteiger charge is -2.12. The Kier molecular flexibility index (Phi) is 4.80. The molecule has 1 unspecified atom stereocenters. The first kappa shape index (κ1) is 13.5. The van der Waals surface area contributed by atoms with Crippen LogP contribution in [0, 0.1) is 0 Å². The fourth-order valence-electron chi connectivity index (χ4n) is 1.40. The number of alkyl halides is 3. The summed E-state index contributed by atoms with van der Waals surface area (Å²) in [6, 6.07) is 6.98. The number of benzene rings is 1. The van der Waals surface area contributed by atoms with Gasteiger partial charge in [-0.25, -0.2) is 0 Å². The highest BCUT2D eigenvalue weighted by Gasteiger charge is 2.26. The van der Waals surface area contributed by atoms with Gasteiger partial charge in [-0.05, 0) is 30.5 Å². The third kappa shape index (κ3) is 4.99. The molecule has 0 spiro atoms. The Morgan fingerprint density at radius 3 is 2.25 bits per heavy atom. The van der Waals surface area contributed by atoms with E-state index in [1.807, 2.05) is 24.3 Å². The smallest absolute Gasteiger partial charge is 0.324 e. The summed E-state index contributed by atoms with van der Waals surface area (Å²) in [4.78, 5) is 0. The minimum Gasteiger partial charge on any atom is -0.324 e. The molecule has 0 fully saturated rings. The van der Waals surface area contributed by atoms with E-state index in [9.17, 15) is 13.2 Å². The maximum absolute atomic E-state index is 11.9. The average molecular weight is 296 g/mol. The van der Waals surface area contributed by atoms with Crippen molar-refractivity contribution in [3.63, 3.8) is 0 Å². The van der Waals surface area contributed by atoms with E-state index in [1.165, 1.54) is 0 Å². The van der Waals surface area contributed by atoms with E-state index < -0.39 is 12.6 Å². The summed E-state index contributed by atoms with van der Waals surface area (Å²) in [6.07, 6.45) is -4.43. The summed E-state index contributed by atoms with van der Waals surface area (Å²) in [5.74, 6) is 0. The topological polar surface area (TPSA) is 26.0 Å². The average Bonchev–Trinajstić information content (AvgIpc) is 2.16. The van der Waals surface area contributed by atoms with Gasteiger partial charge in [-0.1, -0.05) is 28.1 Å². The van der Waals surface area contributed by atoms with Crippen LogP contribution in [0.1, 0.15) is 30.9 Å². The van der Waals surface area contributed by atoms with Crippen molar-refractivity contribution >= 4 is 15.9 Å². The van der Waals surface area contributed by atoms with Gasteiger partial charge in [0.2, 0.25) is 0 Å². The molecule has 0 saturated carbocycles. The Balaban J connectivity index is 2.41. The first-order valence-electron chi connectivity index (χ1n) is 4.96. The molecular weight excluding hydrogens is 283 g/mol. The van der Waals surface area contributed by atoms with Crippen molar-refractivity contribution in [2.24, 2.45) is 5.73 Å². The molecule has 1 nitrogen and oxygen atoms in total. The zero-order chi connectivity index (χ0) is 12.2. The van der Waals surface area contributed by atoms with E-state index in [0.717, 1.165) is 10.0 Å². The summed E-state index contributed by atoms with van der Waals surface area (Å²) < 4.78 is 36.7. The van der Waals surface area contributed by atoms with Crippen LogP contribution in [0.4, 0.5) is 13.2 Å². The lowest BCUT2D eigenvalue weighted by Crippen LogP contribution is -2.13. The van der Waals surface area contributed by atoms with Gasteiger partial charge < -0.3 is 5.73 Å². The van der Waals surface area contributed by atoms with Gasteiger partial charge in [-0.15, -0.1) is 0 Å². The first-order chi connectivity index (χ1) is 7.38. The van der Waals surface area contributed by atoms with Gasteiger partial charge in [0.25, 0.3) is 0 Å². The second-order valence-electron chi connectivity index (χ2n) is 3.67. The van der Waals surface area contributed by atoms with Crippen LogP contribution in [-0.4, -0.2) is 6.18 Å². The monoisotopic (exact) mass is 295 g/mol. The molecule has 1 aromatic carbocycles. The summed E-state index contributed by atoms with van der Waals surface area (Å²) in [5, 5.41) is 0. The third-order valence-electron chi connectivity index (χ3n) is 2.27. The summed E-state index contributed by atoms with van der Waals surface area (Å²) in [6.45, 7) is 0. The molecule has 0 aliphatic heterocycles. The zero-order valence-electron chi connectivity index (χ0n) is 8.60. The predicted octanol–water partition coefficient (Wildman–Crippen LogP) is 4.18. The van der Waals surface area contributed by atoms with Crippen molar-refractivity contribution in [2.75, 3.05) is 0 Å². The second-order valence-corrected chi connectivity index (χ2v) is 4.58. The largest absolute Gasteiger partial charge is 0.389 e. The standard InChI is InChI=1S/C11H13BrF3N/c12-9-5-3-8(4-6-9)10(16)2-1-7-11(13,14)15/h3-6,10H,1-2,7,16H2. The van der Waals surface area contributed by atoms with Crippen LogP contribution in [0.25, 0.3) is 0 Å². The molecule has 16 heavy (non-hydrogen) atoms. The van der Waals surface area contributed by atoms with Crippen molar-refractivity contribution in [1.29, 1.82) is 0 Å². The number of hydrogen-bond donors (Lipinski definition) is 1. The van der Waals surface area contributed by atoms with Crippen LogP contribution in [0.5, 0.6) is 0 Å².